The topological polar surface area (TPSA) is 75.4 Å². The summed E-state index contributed by atoms with van der Waals surface area (Å²) in [5.41, 5.74) is 6.93. The molecule has 17 heavy (non-hydrogen) atoms. The number of amides is 1. The van der Waals surface area contributed by atoms with Gasteiger partial charge in [-0.3, -0.25) is 4.79 Å². The molecule has 0 heterocycles. The first kappa shape index (κ1) is 13.9. The minimum Gasteiger partial charge on any atom is -0.399 e. The van der Waals surface area contributed by atoms with Crippen LogP contribution in [0, 0.1) is 0 Å². The number of nitrogen functional groups attached to an aromatic ring is 1. The quantitative estimate of drug-likeness (QED) is 0.550. The maximum atomic E-state index is 11.8. The van der Waals surface area contributed by atoms with Crippen LogP contribution in [-0.4, -0.2) is 29.4 Å². The predicted molar refractivity (Wildman–Crippen MR) is 71.3 cm³/mol. The van der Waals surface area contributed by atoms with Crippen LogP contribution < -0.4 is 11.1 Å². The Morgan fingerprint density at radius 2 is 2.29 bits per heavy atom. The molecule has 1 amide bonds. The second kappa shape index (κ2) is 6.51. The van der Waals surface area contributed by atoms with Crippen LogP contribution >= 0.6 is 11.8 Å². The molecule has 0 radical (unpaired) electrons. The zero-order valence-electron chi connectivity index (χ0n) is 10.1. The van der Waals surface area contributed by atoms with Crippen molar-refractivity contribution in [3.05, 3.63) is 23.8 Å². The van der Waals surface area contributed by atoms with Crippen LogP contribution in [0.15, 0.2) is 23.1 Å². The van der Waals surface area contributed by atoms with Crippen molar-refractivity contribution in [3.8, 4) is 0 Å². The highest BCUT2D eigenvalue weighted by atomic mass is 32.2. The fourth-order valence-electron chi connectivity index (χ4n) is 1.33. The van der Waals surface area contributed by atoms with Gasteiger partial charge in [0.25, 0.3) is 5.91 Å². The minimum atomic E-state index is -0.111. The number of hydrogen-bond acceptors (Lipinski definition) is 4. The summed E-state index contributed by atoms with van der Waals surface area (Å²) in [5.74, 6) is -0.111. The Kier molecular flexibility index (Phi) is 5.31. The lowest BCUT2D eigenvalue weighted by molar-refractivity contribution is 0.0953. The van der Waals surface area contributed by atoms with Crippen LogP contribution in [0.25, 0.3) is 0 Å². The lowest BCUT2D eigenvalue weighted by Crippen LogP contribution is -2.23. The van der Waals surface area contributed by atoms with E-state index in [0.717, 1.165) is 4.90 Å². The Balaban J connectivity index is 2.99. The molecule has 4 nitrogen and oxygen atoms in total. The Bertz CT molecular complexity index is 396. The van der Waals surface area contributed by atoms with Gasteiger partial charge in [-0.05, 0) is 25.1 Å². The van der Waals surface area contributed by atoms with E-state index >= 15 is 0 Å². The van der Waals surface area contributed by atoms with Crippen LogP contribution in [0.4, 0.5) is 5.69 Å². The van der Waals surface area contributed by atoms with E-state index in [9.17, 15) is 4.79 Å². The van der Waals surface area contributed by atoms with E-state index in [-0.39, 0.29) is 17.8 Å². The molecule has 5 heteroatoms. The molecule has 94 valence electrons. The van der Waals surface area contributed by atoms with Crippen LogP contribution in [0.3, 0.4) is 0 Å². The number of carbonyl (C=O) groups excluding carboxylic acids is 1. The van der Waals surface area contributed by atoms with Crippen LogP contribution in [-0.2, 0) is 0 Å². The first-order valence-electron chi connectivity index (χ1n) is 5.53. The summed E-state index contributed by atoms with van der Waals surface area (Å²) < 4.78 is 0. The van der Waals surface area contributed by atoms with Gasteiger partial charge < -0.3 is 16.2 Å². The summed E-state index contributed by atoms with van der Waals surface area (Å²) in [7, 11) is 0. The van der Waals surface area contributed by atoms with Gasteiger partial charge in [-0.15, -0.1) is 11.8 Å². The van der Waals surface area contributed by atoms with Gasteiger partial charge in [0.15, 0.2) is 0 Å². The van der Waals surface area contributed by atoms with Gasteiger partial charge in [0.05, 0.1) is 12.2 Å². The third-order valence-electron chi connectivity index (χ3n) is 2.17. The first-order valence-corrected chi connectivity index (χ1v) is 6.41. The van der Waals surface area contributed by atoms with Crippen molar-refractivity contribution in [3.63, 3.8) is 0 Å². The number of rotatable bonds is 5. The summed E-state index contributed by atoms with van der Waals surface area (Å²) in [4.78, 5) is 12.6. The molecule has 0 aliphatic rings. The molecular weight excluding hydrogens is 236 g/mol. The lowest BCUT2D eigenvalue weighted by atomic mass is 10.2. The maximum absolute atomic E-state index is 11.8. The molecule has 1 aromatic carbocycles. The largest absolute Gasteiger partial charge is 0.399 e. The van der Waals surface area contributed by atoms with Gasteiger partial charge in [0.1, 0.15) is 0 Å². The molecule has 1 aromatic rings. The van der Waals surface area contributed by atoms with Crippen molar-refractivity contribution in [1.29, 1.82) is 0 Å². The number of hydrogen-bond donors (Lipinski definition) is 3. The maximum Gasteiger partial charge on any atom is 0.252 e. The third-order valence-corrected chi connectivity index (χ3v) is 3.32. The average Bonchev–Trinajstić information content (AvgIpc) is 2.29. The summed E-state index contributed by atoms with van der Waals surface area (Å²) >= 11 is 1.45. The van der Waals surface area contributed by atoms with Gasteiger partial charge in [-0.2, -0.15) is 0 Å². The van der Waals surface area contributed by atoms with Gasteiger partial charge in [-0.25, -0.2) is 0 Å². The number of nitrogens with two attached hydrogens (primary N) is 1. The van der Waals surface area contributed by atoms with Crippen molar-refractivity contribution in [2.24, 2.45) is 0 Å². The van der Waals surface area contributed by atoms with Gasteiger partial charge in [0.2, 0.25) is 0 Å². The van der Waals surface area contributed by atoms with Gasteiger partial charge in [-0.1, -0.05) is 6.92 Å². The number of thioether (sulfide) groups is 1. The first-order chi connectivity index (χ1) is 8.08. The highest BCUT2D eigenvalue weighted by Gasteiger charge is 2.13. The fraction of sp³-hybridized carbons (Fsp3) is 0.417. The summed E-state index contributed by atoms with van der Waals surface area (Å²) in [5, 5.41) is 11.8. The van der Waals surface area contributed by atoms with Crippen LogP contribution in [0.2, 0.25) is 0 Å². The molecule has 0 aliphatic heterocycles. The Morgan fingerprint density at radius 3 is 2.88 bits per heavy atom. The van der Waals surface area contributed by atoms with E-state index in [4.69, 9.17) is 10.8 Å². The zero-order chi connectivity index (χ0) is 12.8. The number of anilines is 1. The SMILES string of the molecule is CCNC(=O)c1ccc(N)cc1SC(C)CO. The molecule has 0 aromatic heterocycles. The van der Waals surface area contributed by atoms with E-state index in [1.54, 1.807) is 18.2 Å². The second-order valence-electron chi connectivity index (χ2n) is 3.73. The third kappa shape index (κ3) is 3.94. The monoisotopic (exact) mass is 254 g/mol. The van der Waals surface area contributed by atoms with Gasteiger partial charge in [0, 0.05) is 22.4 Å². The van der Waals surface area contributed by atoms with Crippen molar-refractivity contribution in [2.45, 2.75) is 24.0 Å². The lowest BCUT2D eigenvalue weighted by Gasteiger charge is -2.13. The van der Waals surface area contributed by atoms with Gasteiger partial charge >= 0.3 is 0 Å². The molecule has 4 N–H and O–H groups in total. The highest BCUT2D eigenvalue weighted by Crippen LogP contribution is 2.28. The van der Waals surface area contributed by atoms with E-state index in [0.29, 0.717) is 17.8 Å². The predicted octanol–water partition coefficient (Wildman–Crippen LogP) is 1.49. The summed E-state index contributed by atoms with van der Waals surface area (Å²) in [6.07, 6.45) is 0. The molecule has 1 unspecified atom stereocenters. The number of benzene rings is 1. The molecule has 1 atom stereocenters. The van der Waals surface area contributed by atoms with Crippen molar-refractivity contribution in [1.82, 2.24) is 5.32 Å². The van der Waals surface area contributed by atoms with Crippen molar-refractivity contribution in [2.75, 3.05) is 18.9 Å². The van der Waals surface area contributed by atoms with Crippen molar-refractivity contribution >= 4 is 23.4 Å². The Labute approximate surface area is 106 Å². The standard InChI is InChI=1S/C12H18N2O2S/c1-3-14-12(16)10-5-4-9(13)6-11(10)17-8(2)7-15/h4-6,8,15H,3,7,13H2,1-2H3,(H,14,16). The van der Waals surface area contributed by atoms with Crippen LogP contribution in [0.1, 0.15) is 24.2 Å². The smallest absolute Gasteiger partial charge is 0.252 e. The molecule has 0 saturated carbocycles. The summed E-state index contributed by atoms with van der Waals surface area (Å²) in [6, 6.07) is 5.19. The summed E-state index contributed by atoms with van der Waals surface area (Å²) in [6.45, 7) is 4.42. The molecule has 0 aliphatic carbocycles. The number of aliphatic hydroxyl groups excluding tert-OH is 1. The normalized spacial score (nSPS) is 12.2. The van der Waals surface area contributed by atoms with Crippen LogP contribution in [0.5, 0.6) is 0 Å². The minimum absolute atomic E-state index is 0.0324. The second-order valence-corrected chi connectivity index (χ2v) is 5.21. The number of nitrogens with one attached hydrogen (secondary N) is 1. The molecule has 0 fully saturated rings. The van der Waals surface area contributed by atoms with E-state index in [1.807, 2.05) is 13.8 Å². The molecule has 0 saturated heterocycles. The number of aliphatic hydroxyl groups is 1. The molecule has 0 spiro atoms. The average molecular weight is 254 g/mol. The van der Waals surface area contributed by atoms with E-state index < -0.39 is 0 Å². The highest BCUT2D eigenvalue weighted by molar-refractivity contribution is 8.00. The fourth-order valence-corrected chi connectivity index (χ4v) is 2.33. The zero-order valence-corrected chi connectivity index (χ0v) is 10.9. The molecule has 1 rings (SSSR count). The Hall–Kier alpha value is -1.20. The van der Waals surface area contributed by atoms with E-state index in [1.165, 1.54) is 11.8 Å². The molecular formula is C12H18N2O2S. The molecule has 0 bridgehead atoms. The van der Waals surface area contributed by atoms with E-state index in [2.05, 4.69) is 5.32 Å². The van der Waals surface area contributed by atoms with Crippen molar-refractivity contribution < 1.29 is 9.90 Å². The number of carbonyl (C=O) groups is 1. The Morgan fingerprint density at radius 1 is 1.59 bits per heavy atom.